The Morgan fingerprint density at radius 3 is 2.87 bits per heavy atom. The van der Waals surface area contributed by atoms with Gasteiger partial charge in [0.25, 0.3) is 5.91 Å². The Morgan fingerprint density at radius 1 is 1.47 bits per heavy atom. The molecule has 1 saturated heterocycles. The first-order chi connectivity index (χ1) is 7.33. The molecule has 4 heteroatoms. The first kappa shape index (κ1) is 10.1. The summed E-state index contributed by atoms with van der Waals surface area (Å²) in [4.78, 5) is 16.5. The molecule has 80 valence electrons. The van der Waals surface area contributed by atoms with Crippen molar-refractivity contribution in [2.75, 3.05) is 13.2 Å². The van der Waals surface area contributed by atoms with Crippen LogP contribution in [-0.4, -0.2) is 29.3 Å². The van der Waals surface area contributed by atoms with Crippen LogP contribution in [0.5, 0.6) is 0 Å². The number of hydrogen-bond acceptors (Lipinski definition) is 3. The normalized spacial score (nSPS) is 20.6. The number of carbonyl (C=O) groups is 1. The molecule has 1 heterocycles. The maximum absolute atomic E-state index is 11.3. The van der Waals surface area contributed by atoms with E-state index in [1.807, 2.05) is 30.3 Å². The van der Waals surface area contributed by atoms with Crippen molar-refractivity contribution < 1.29 is 14.7 Å². The van der Waals surface area contributed by atoms with Crippen LogP contribution in [0.25, 0.3) is 0 Å². The number of nitrogens with zero attached hydrogens (tertiary/aromatic N) is 1. The van der Waals surface area contributed by atoms with Crippen LogP contribution in [0.1, 0.15) is 18.0 Å². The van der Waals surface area contributed by atoms with Gasteiger partial charge in [-0.15, -0.1) is 0 Å². The Labute approximate surface area is 88.0 Å². The molecule has 0 aromatic heterocycles. The van der Waals surface area contributed by atoms with Crippen LogP contribution >= 0.6 is 0 Å². The highest BCUT2D eigenvalue weighted by Crippen LogP contribution is 2.29. The first-order valence-electron chi connectivity index (χ1n) is 4.93. The van der Waals surface area contributed by atoms with Crippen molar-refractivity contribution in [3.63, 3.8) is 0 Å². The van der Waals surface area contributed by atoms with Gasteiger partial charge in [-0.2, -0.15) is 0 Å². The third-order valence-corrected chi connectivity index (χ3v) is 2.47. The van der Waals surface area contributed by atoms with Crippen molar-refractivity contribution in [3.8, 4) is 0 Å². The summed E-state index contributed by atoms with van der Waals surface area (Å²) in [5, 5.41) is 10.1. The van der Waals surface area contributed by atoms with Crippen molar-refractivity contribution in [3.05, 3.63) is 35.9 Å². The molecule has 1 aromatic carbocycles. The van der Waals surface area contributed by atoms with Gasteiger partial charge in [-0.3, -0.25) is 9.63 Å². The molecule has 0 saturated carbocycles. The molecule has 1 amide bonds. The van der Waals surface area contributed by atoms with Crippen LogP contribution < -0.4 is 0 Å². The molecule has 0 unspecified atom stereocenters. The molecule has 1 atom stereocenters. The van der Waals surface area contributed by atoms with Gasteiger partial charge in [-0.1, -0.05) is 30.3 Å². The number of amides is 1. The van der Waals surface area contributed by atoms with Crippen LogP contribution in [0.15, 0.2) is 30.3 Å². The highest BCUT2D eigenvalue weighted by atomic mass is 16.7. The lowest BCUT2D eigenvalue weighted by Crippen LogP contribution is -2.31. The van der Waals surface area contributed by atoms with E-state index < -0.39 is 6.61 Å². The summed E-state index contributed by atoms with van der Waals surface area (Å²) in [6.45, 7) is 0.00857. The van der Waals surface area contributed by atoms with E-state index in [-0.39, 0.29) is 11.9 Å². The zero-order valence-electron chi connectivity index (χ0n) is 8.30. The Bertz CT molecular complexity index is 339. The maximum atomic E-state index is 11.3. The molecule has 1 aliphatic heterocycles. The van der Waals surface area contributed by atoms with Crippen LogP contribution in [-0.2, 0) is 9.63 Å². The standard InChI is InChI=1S/C11H13NO3/c13-8-11(14)12-10(6-7-15-12)9-4-2-1-3-5-9/h1-5,10,13H,6-8H2/t10-/m0/s1. The summed E-state index contributed by atoms with van der Waals surface area (Å²) < 4.78 is 0. The minimum Gasteiger partial charge on any atom is -0.386 e. The van der Waals surface area contributed by atoms with Crippen LogP contribution in [0.4, 0.5) is 0 Å². The van der Waals surface area contributed by atoms with Gasteiger partial charge in [0.2, 0.25) is 0 Å². The fourth-order valence-corrected chi connectivity index (χ4v) is 1.76. The summed E-state index contributed by atoms with van der Waals surface area (Å²) in [6, 6.07) is 9.63. The van der Waals surface area contributed by atoms with Crippen LogP contribution in [0.2, 0.25) is 0 Å². The molecule has 4 nitrogen and oxygen atoms in total. The number of hydroxylamine groups is 2. The fraction of sp³-hybridized carbons (Fsp3) is 0.364. The zero-order valence-corrected chi connectivity index (χ0v) is 8.30. The van der Waals surface area contributed by atoms with E-state index in [0.717, 1.165) is 12.0 Å². The van der Waals surface area contributed by atoms with Crippen molar-refractivity contribution in [2.45, 2.75) is 12.5 Å². The van der Waals surface area contributed by atoms with E-state index in [0.29, 0.717) is 6.61 Å². The van der Waals surface area contributed by atoms with Gasteiger partial charge in [0.1, 0.15) is 6.61 Å². The van der Waals surface area contributed by atoms with Crippen LogP contribution in [0, 0.1) is 0 Å². The van der Waals surface area contributed by atoms with Gasteiger partial charge in [-0.25, -0.2) is 5.06 Å². The average Bonchev–Trinajstić information content (AvgIpc) is 2.78. The number of hydrogen-bond donors (Lipinski definition) is 1. The second-order valence-electron chi connectivity index (χ2n) is 3.43. The van der Waals surface area contributed by atoms with Gasteiger partial charge >= 0.3 is 0 Å². The molecule has 15 heavy (non-hydrogen) atoms. The first-order valence-corrected chi connectivity index (χ1v) is 4.93. The number of carbonyl (C=O) groups excluding carboxylic acids is 1. The van der Waals surface area contributed by atoms with E-state index in [4.69, 9.17) is 9.94 Å². The lowest BCUT2D eigenvalue weighted by molar-refractivity contribution is -0.180. The second-order valence-corrected chi connectivity index (χ2v) is 3.43. The number of rotatable bonds is 2. The maximum Gasteiger partial charge on any atom is 0.272 e. The highest BCUT2D eigenvalue weighted by Gasteiger charge is 2.30. The molecule has 1 fully saturated rings. The van der Waals surface area contributed by atoms with E-state index in [1.54, 1.807) is 0 Å². The molecule has 2 rings (SSSR count). The van der Waals surface area contributed by atoms with E-state index in [1.165, 1.54) is 5.06 Å². The molecule has 0 bridgehead atoms. The molecule has 0 aliphatic carbocycles. The van der Waals surface area contributed by atoms with E-state index >= 15 is 0 Å². The predicted molar refractivity (Wildman–Crippen MR) is 53.7 cm³/mol. The lowest BCUT2D eigenvalue weighted by atomic mass is 10.0. The fourth-order valence-electron chi connectivity index (χ4n) is 1.76. The van der Waals surface area contributed by atoms with Gasteiger partial charge in [0.05, 0.1) is 12.6 Å². The minimum atomic E-state index is -0.511. The van der Waals surface area contributed by atoms with Crippen molar-refractivity contribution >= 4 is 5.91 Å². The van der Waals surface area contributed by atoms with Gasteiger partial charge in [-0.05, 0) is 5.56 Å². The predicted octanol–water partition coefficient (Wildman–Crippen LogP) is 0.884. The van der Waals surface area contributed by atoms with Gasteiger partial charge in [0, 0.05) is 6.42 Å². The lowest BCUT2D eigenvalue weighted by Gasteiger charge is -2.21. The molecule has 0 radical (unpaired) electrons. The molecular formula is C11H13NO3. The van der Waals surface area contributed by atoms with Crippen molar-refractivity contribution in [1.29, 1.82) is 0 Å². The molecular weight excluding hydrogens is 194 g/mol. The smallest absolute Gasteiger partial charge is 0.272 e. The summed E-state index contributed by atoms with van der Waals surface area (Å²) in [5.41, 5.74) is 1.04. The third-order valence-electron chi connectivity index (χ3n) is 2.47. The second kappa shape index (κ2) is 4.42. The molecule has 0 spiro atoms. The van der Waals surface area contributed by atoms with Gasteiger partial charge in [0.15, 0.2) is 0 Å². The Kier molecular flexibility index (Phi) is 2.99. The Hall–Kier alpha value is -1.39. The summed E-state index contributed by atoms with van der Waals surface area (Å²) >= 11 is 0. The highest BCUT2D eigenvalue weighted by molar-refractivity contribution is 5.76. The van der Waals surface area contributed by atoms with Crippen molar-refractivity contribution in [2.24, 2.45) is 0 Å². The molecule has 1 N–H and O–H groups in total. The summed E-state index contributed by atoms with van der Waals surface area (Å²) in [6.07, 6.45) is 0.774. The average molecular weight is 207 g/mol. The summed E-state index contributed by atoms with van der Waals surface area (Å²) in [7, 11) is 0. The third kappa shape index (κ3) is 2.00. The summed E-state index contributed by atoms with van der Waals surface area (Å²) in [5.74, 6) is -0.388. The van der Waals surface area contributed by atoms with Crippen LogP contribution in [0.3, 0.4) is 0 Å². The Balaban J connectivity index is 2.18. The van der Waals surface area contributed by atoms with Crippen molar-refractivity contribution in [1.82, 2.24) is 5.06 Å². The molecule has 1 aliphatic rings. The number of benzene rings is 1. The topological polar surface area (TPSA) is 49.8 Å². The number of aliphatic hydroxyl groups is 1. The van der Waals surface area contributed by atoms with E-state index in [2.05, 4.69) is 0 Å². The largest absolute Gasteiger partial charge is 0.386 e. The zero-order chi connectivity index (χ0) is 10.7. The SMILES string of the molecule is O=C(CO)N1OCC[C@H]1c1ccccc1. The number of aliphatic hydroxyl groups excluding tert-OH is 1. The van der Waals surface area contributed by atoms with E-state index in [9.17, 15) is 4.79 Å². The Morgan fingerprint density at radius 2 is 2.20 bits per heavy atom. The van der Waals surface area contributed by atoms with Gasteiger partial charge < -0.3 is 5.11 Å². The monoisotopic (exact) mass is 207 g/mol. The minimum absolute atomic E-state index is 0.0640. The quantitative estimate of drug-likeness (QED) is 0.783. The molecule has 1 aromatic rings.